The second-order valence-corrected chi connectivity index (χ2v) is 3.06. The Bertz CT molecular complexity index is 433. The molecule has 0 aliphatic rings. The van der Waals surface area contributed by atoms with Gasteiger partial charge in [0.2, 0.25) is 0 Å². The van der Waals surface area contributed by atoms with Crippen LogP contribution in [0.3, 0.4) is 0 Å². The Morgan fingerprint density at radius 1 is 1.29 bits per heavy atom. The highest BCUT2D eigenvalue weighted by Gasteiger charge is 2.01. The van der Waals surface area contributed by atoms with Crippen LogP contribution in [0.5, 0.6) is 0 Å². The Kier molecular flexibility index (Phi) is 2.20. The zero-order valence-electron chi connectivity index (χ0n) is 7.72. The molecule has 0 amide bonds. The molecular weight excluding hydrogens is 176 g/mol. The molecule has 0 unspecified atom stereocenters. The summed E-state index contributed by atoms with van der Waals surface area (Å²) in [4.78, 5) is 0. The van der Waals surface area contributed by atoms with Crippen molar-refractivity contribution in [2.75, 3.05) is 5.73 Å². The molecule has 0 atom stereocenters. The maximum absolute atomic E-state index is 5.81. The van der Waals surface area contributed by atoms with E-state index in [1.165, 1.54) is 0 Å². The van der Waals surface area contributed by atoms with Crippen molar-refractivity contribution < 1.29 is 0 Å². The Balaban J connectivity index is 2.44. The molecule has 0 aliphatic heterocycles. The van der Waals surface area contributed by atoms with Crippen LogP contribution < -0.4 is 11.5 Å². The van der Waals surface area contributed by atoms with Gasteiger partial charge in [-0.1, -0.05) is 12.1 Å². The van der Waals surface area contributed by atoms with Crippen LogP contribution in [0.25, 0.3) is 5.69 Å². The number of para-hydroxylation sites is 2. The van der Waals surface area contributed by atoms with Crippen LogP contribution >= 0.6 is 0 Å². The third-order valence-electron chi connectivity index (χ3n) is 2.06. The minimum Gasteiger partial charge on any atom is -0.397 e. The average Bonchev–Trinajstić information content (AvgIpc) is 2.67. The molecule has 0 fully saturated rings. The van der Waals surface area contributed by atoms with Gasteiger partial charge in [0.25, 0.3) is 0 Å². The highest BCUT2D eigenvalue weighted by atomic mass is 15.3. The van der Waals surface area contributed by atoms with Gasteiger partial charge >= 0.3 is 0 Å². The maximum Gasteiger partial charge on any atom is 0.0874 e. The standard InChI is InChI=1S/C10H12N4/c11-5-8-6-13-14(7-8)10-4-2-1-3-9(10)12/h1-4,6-7H,5,11-12H2. The first-order valence-electron chi connectivity index (χ1n) is 4.40. The lowest BCUT2D eigenvalue weighted by Crippen LogP contribution is -1.99. The third kappa shape index (κ3) is 1.47. The number of hydrogen-bond acceptors (Lipinski definition) is 3. The molecule has 4 heteroatoms. The van der Waals surface area contributed by atoms with Crippen LogP contribution in [-0.4, -0.2) is 9.78 Å². The summed E-state index contributed by atoms with van der Waals surface area (Å²) in [6.07, 6.45) is 3.62. The van der Waals surface area contributed by atoms with Crippen molar-refractivity contribution in [1.82, 2.24) is 9.78 Å². The highest BCUT2D eigenvalue weighted by molar-refractivity contribution is 5.56. The monoisotopic (exact) mass is 188 g/mol. The van der Waals surface area contributed by atoms with E-state index < -0.39 is 0 Å². The fourth-order valence-electron chi connectivity index (χ4n) is 1.29. The van der Waals surface area contributed by atoms with E-state index in [0.717, 1.165) is 11.3 Å². The fourth-order valence-corrected chi connectivity index (χ4v) is 1.29. The molecule has 2 rings (SSSR count). The summed E-state index contributed by atoms with van der Waals surface area (Å²) >= 11 is 0. The smallest absolute Gasteiger partial charge is 0.0874 e. The van der Waals surface area contributed by atoms with Crippen molar-refractivity contribution in [2.24, 2.45) is 5.73 Å². The number of benzene rings is 1. The third-order valence-corrected chi connectivity index (χ3v) is 2.06. The fraction of sp³-hybridized carbons (Fsp3) is 0.100. The first-order chi connectivity index (χ1) is 6.81. The summed E-state index contributed by atoms with van der Waals surface area (Å²) in [5.41, 5.74) is 13.9. The molecule has 0 bridgehead atoms. The average molecular weight is 188 g/mol. The zero-order valence-corrected chi connectivity index (χ0v) is 7.72. The van der Waals surface area contributed by atoms with E-state index in [-0.39, 0.29) is 0 Å². The second kappa shape index (κ2) is 3.51. The van der Waals surface area contributed by atoms with E-state index in [9.17, 15) is 0 Å². The molecule has 0 aliphatic carbocycles. The lowest BCUT2D eigenvalue weighted by Gasteiger charge is -2.03. The van der Waals surface area contributed by atoms with Gasteiger partial charge in [-0.15, -0.1) is 0 Å². The van der Waals surface area contributed by atoms with Gasteiger partial charge in [-0.3, -0.25) is 0 Å². The summed E-state index contributed by atoms with van der Waals surface area (Å²) in [6.45, 7) is 0.493. The van der Waals surface area contributed by atoms with E-state index in [4.69, 9.17) is 11.5 Å². The second-order valence-electron chi connectivity index (χ2n) is 3.06. The number of aromatic nitrogens is 2. The molecule has 0 saturated carbocycles. The molecule has 0 radical (unpaired) electrons. The molecule has 14 heavy (non-hydrogen) atoms. The summed E-state index contributed by atoms with van der Waals surface area (Å²) in [5, 5.41) is 4.17. The minimum atomic E-state index is 0.493. The van der Waals surface area contributed by atoms with Crippen molar-refractivity contribution in [3.8, 4) is 5.69 Å². The van der Waals surface area contributed by atoms with Crippen molar-refractivity contribution in [3.63, 3.8) is 0 Å². The molecule has 72 valence electrons. The van der Waals surface area contributed by atoms with Crippen LogP contribution in [0.4, 0.5) is 5.69 Å². The Labute approximate surface area is 82.1 Å². The number of nitrogen functional groups attached to an aromatic ring is 1. The predicted molar refractivity (Wildman–Crippen MR) is 55.9 cm³/mol. The van der Waals surface area contributed by atoms with Crippen LogP contribution in [0.1, 0.15) is 5.56 Å². The molecular formula is C10H12N4. The maximum atomic E-state index is 5.81. The Morgan fingerprint density at radius 2 is 2.07 bits per heavy atom. The van der Waals surface area contributed by atoms with E-state index in [1.807, 2.05) is 30.5 Å². The number of anilines is 1. The number of nitrogens with two attached hydrogens (primary N) is 2. The molecule has 0 spiro atoms. The lowest BCUT2D eigenvalue weighted by atomic mass is 10.3. The van der Waals surface area contributed by atoms with Crippen molar-refractivity contribution >= 4 is 5.69 Å². The first kappa shape index (κ1) is 8.77. The van der Waals surface area contributed by atoms with Crippen LogP contribution in [0.2, 0.25) is 0 Å². The predicted octanol–water partition coefficient (Wildman–Crippen LogP) is 0.913. The molecule has 1 aromatic heterocycles. The molecule has 1 heterocycles. The lowest BCUT2D eigenvalue weighted by molar-refractivity contribution is 0.882. The zero-order chi connectivity index (χ0) is 9.97. The number of rotatable bonds is 2. The SMILES string of the molecule is NCc1cnn(-c2ccccc2N)c1. The largest absolute Gasteiger partial charge is 0.397 e. The van der Waals surface area contributed by atoms with E-state index in [2.05, 4.69) is 5.10 Å². The molecule has 2 aromatic rings. The number of nitrogens with zero attached hydrogens (tertiary/aromatic N) is 2. The summed E-state index contributed by atoms with van der Waals surface area (Å²) in [6, 6.07) is 7.59. The van der Waals surface area contributed by atoms with Crippen molar-refractivity contribution in [3.05, 3.63) is 42.2 Å². The van der Waals surface area contributed by atoms with Crippen LogP contribution in [0, 0.1) is 0 Å². The van der Waals surface area contributed by atoms with Gasteiger partial charge in [-0.2, -0.15) is 5.10 Å². The van der Waals surface area contributed by atoms with Crippen molar-refractivity contribution in [1.29, 1.82) is 0 Å². The normalized spacial score (nSPS) is 10.4. The van der Waals surface area contributed by atoms with Gasteiger partial charge in [-0.25, -0.2) is 4.68 Å². The van der Waals surface area contributed by atoms with E-state index in [0.29, 0.717) is 12.2 Å². The summed E-state index contributed by atoms with van der Waals surface area (Å²) in [7, 11) is 0. The molecule has 0 saturated heterocycles. The first-order valence-corrected chi connectivity index (χ1v) is 4.40. The summed E-state index contributed by atoms with van der Waals surface area (Å²) < 4.78 is 1.73. The van der Waals surface area contributed by atoms with E-state index in [1.54, 1.807) is 10.9 Å². The molecule has 4 nitrogen and oxygen atoms in total. The summed E-state index contributed by atoms with van der Waals surface area (Å²) in [5.74, 6) is 0. The Hall–Kier alpha value is -1.81. The number of hydrogen-bond donors (Lipinski definition) is 2. The van der Waals surface area contributed by atoms with Gasteiger partial charge in [0.05, 0.1) is 17.6 Å². The highest BCUT2D eigenvalue weighted by Crippen LogP contribution is 2.15. The van der Waals surface area contributed by atoms with Gasteiger partial charge in [0.15, 0.2) is 0 Å². The van der Waals surface area contributed by atoms with Gasteiger partial charge in [0, 0.05) is 18.3 Å². The van der Waals surface area contributed by atoms with Crippen LogP contribution in [-0.2, 0) is 6.54 Å². The quantitative estimate of drug-likeness (QED) is 0.688. The molecule has 1 aromatic carbocycles. The van der Waals surface area contributed by atoms with Crippen molar-refractivity contribution in [2.45, 2.75) is 6.54 Å². The topological polar surface area (TPSA) is 69.9 Å². The minimum absolute atomic E-state index is 0.493. The van der Waals surface area contributed by atoms with Gasteiger partial charge < -0.3 is 11.5 Å². The van der Waals surface area contributed by atoms with E-state index >= 15 is 0 Å². The van der Waals surface area contributed by atoms with Crippen LogP contribution in [0.15, 0.2) is 36.7 Å². The molecule has 4 N–H and O–H groups in total. The van der Waals surface area contributed by atoms with Gasteiger partial charge in [0.1, 0.15) is 0 Å². The Morgan fingerprint density at radius 3 is 2.71 bits per heavy atom. The van der Waals surface area contributed by atoms with Gasteiger partial charge in [-0.05, 0) is 12.1 Å².